The number of aryl methyl sites for hydroxylation is 2. The second-order valence-corrected chi connectivity index (χ2v) is 6.71. The third-order valence-electron chi connectivity index (χ3n) is 3.39. The minimum absolute atomic E-state index is 0.0150. The molecule has 3 N–H and O–H groups in total. The molecule has 2 aromatic rings. The number of nitrogens with one attached hydrogen (secondary N) is 1. The predicted octanol–water partition coefficient (Wildman–Crippen LogP) is 2.13. The van der Waals surface area contributed by atoms with Crippen molar-refractivity contribution >= 4 is 21.6 Å². The van der Waals surface area contributed by atoms with Crippen LogP contribution in [-0.4, -0.2) is 14.3 Å². The number of carbonyl (C=O) groups excluding carboxylic acids is 1. The SMILES string of the molecule is Cc1ccccc1CC(=O)Nc1ccc(C)c(S(N)(=O)=O)c1. The van der Waals surface area contributed by atoms with Gasteiger partial charge in [0.15, 0.2) is 0 Å². The number of primary sulfonamides is 1. The molecule has 0 aromatic heterocycles. The van der Waals surface area contributed by atoms with Crippen molar-refractivity contribution in [3.63, 3.8) is 0 Å². The van der Waals surface area contributed by atoms with Gasteiger partial charge in [-0.3, -0.25) is 4.79 Å². The van der Waals surface area contributed by atoms with E-state index in [9.17, 15) is 13.2 Å². The Morgan fingerprint density at radius 3 is 2.41 bits per heavy atom. The Hall–Kier alpha value is -2.18. The lowest BCUT2D eigenvalue weighted by Crippen LogP contribution is -2.17. The molecule has 1 amide bonds. The van der Waals surface area contributed by atoms with E-state index in [0.717, 1.165) is 11.1 Å². The highest BCUT2D eigenvalue weighted by Crippen LogP contribution is 2.19. The number of sulfonamides is 1. The van der Waals surface area contributed by atoms with Gasteiger partial charge in [-0.2, -0.15) is 0 Å². The zero-order valence-electron chi connectivity index (χ0n) is 12.5. The zero-order valence-corrected chi connectivity index (χ0v) is 13.3. The molecule has 0 heterocycles. The fourth-order valence-electron chi connectivity index (χ4n) is 2.17. The molecule has 0 aliphatic heterocycles. The summed E-state index contributed by atoms with van der Waals surface area (Å²) in [5, 5.41) is 7.86. The quantitative estimate of drug-likeness (QED) is 0.905. The van der Waals surface area contributed by atoms with Gasteiger partial charge in [-0.15, -0.1) is 0 Å². The molecule has 0 saturated heterocycles. The van der Waals surface area contributed by atoms with Gasteiger partial charge in [0.1, 0.15) is 0 Å². The van der Waals surface area contributed by atoms with Crippen LogP contribution in [0.5, 0.6) is 0 Å². The Balaban J connectivity index is 2.18. The van der Waals surface area contributed by atoms with E-state index < -0.39 is 10.0 Å². The summed E-state index contributed by atoms with van der Waals surface area (Å²) in [6.45, 7) is 3.59. The Bertz CT molecular complexity index is 814. The van der Waals surface area contributed by atoms with E-state index in [1.807, 2.05) is 31.2 Å². The van der Waals surface area contributed by atoms with Gasteiger partial charge in [-0.05, 0) is 42.7 Å². The number of hydrogen-bond acceptors (Lipinski definition) is 3. The maximum atomic E-state index is 12.1. The number of carbonyl (C=O) groups is 1. The van der Waals surface area contributed by atoms with Crippen molar-refractivity contribution in [2.24, 2.45) is 5.14 Å². The van der Waals surface area contributed by atoms with E-state index in [1.165, 1.54) is 6.07 Å². The number of nitrogens with two attached hydrogens (primary N) is 1. The fourth-order valence-corrected chi connectivity index (χ4v) is 2.98. The first kappa shape index (κ1) is 16.2. The largest absolute Gasteiger partial charge is 0.326 e. The first-order valence-electron chi connectivity index (χ1n) is 6.75. The monoisotopic (exact) mass is 318 g/mol. The molecule has 0 aliphatic rings. The number of anilines is 1. The van der Waals surface area contributed by atoms with Crippen LogP contribution in [0.3, 0.4) is 0 Å². The average molecular weight is 318 g/mol. The van der Waals surface area contributed by atoms with E-state index in [2.05, 4.69) is 5.32 Å². The summed E-state index contributed by atoms with van der Waals surface area (Å²) in [6.07, 6.45) is 0.227. The second kappa shape index (κ2) is 6.29. The molecule has 0 atom stereocenters. The highest BCUT2D eigenvalue weighted by molar-refractivity contribution is 7.89. The number of benzene rings is 2. The second-order valence-electron chi connectivity index (χ2n) is 5.18. The number of amides is 1. The van der Waals surface area contributed by atoms with Gasteiger partial charge >= 0.3 is 0 Å². The minimum atomic E-state index is -3.81. The molecule has 5 nitrogen and oxygen atoms in total. The molecule has 6 heteroatoms. The Morgan fingerprint density at radius 1 is 1.09 bits per heavy atom. The van der Waals surface area contributed by atoms with Crippen molar-refractivity contribution in [1.82, 2.24) is 0 Å². The molecule has 22 heavy (non-hydrogen) atoms. The summed E-state index contributed by atoms with van der Waals surface area (Å²) in [5.41, 5.74) is 2.91. The van der Waals surface area contributed by atoms with Crippen LogP contribution in [0.1, 0.15) is 16.7 Å². The van der Waals surface area contributed by atoms with Crippen LogP contribution >= 0.6 is 0 Å². The minimum Gasteiger partial charge on any atom is -0.326 e. The van der Waals surface area contributed by atoms with E-state index in [0.29, 0.717) is 11.3 Å². The predicted molar refractivity (Wildman–Crippen MR) is 86.1 cm³/mol. The Morgan fingerprint density at radius 2 is 1.77 bits per heavy atom. The van der Waals surface area contributed by atoms with E-state index in [4.69, 9.17) is 5.14 Å². The summed E-state index contributed by atoms with van der Waals surface area (Å²) in [5.74, 6) is -0.210. The van der Waals surface area contributed by atoms with Gasteiger partial charge in [-0.1, -0.05) is 30.3 Å². The average Bonchev–Trinajstić information content (AvgIpc) is 2.42. The smallest absolute Gasteiger partial charge is 0.238 e. The van der Waals surface area contributed by atoms with Crippen LogP contribution in [0, 0.1) is 13.8 Å². The van der Waals surface area contributed by atoms with Crippen molar-refractivity contribution in [3.05, 3.63) is 59.2 Å². The molecule has 116 valence electrons. The van der Waals surface area contributed by atoms with Crippen LogP contribution in [0.25, 0.3) is 0 Å². The van der Waals surface area contributed by atoms with E-state index in [-0.39, 0.29) is 17.2 Å². The summed E-state index contributed by atoms with van der Waals surface area (Å²) in [7, 11) is -3.81. The normalized spacial score (nSPS) is 11.2. The molecule has 0 spiro atoms. The van der Waals surface area contributed by atoms with Gasteiger partial charge in [0, 0.05) is 5.69 Å². The standard InChI is InChI=1S/C16H18N2O3S/c1-11-5-3-4-6-13(11)9-16(19)18-14-8-7-12(2)15(10-14)22(17,20)21/h3-8,10H,9H2,1-2H3,(H,18,19)(H2,17,20,21). The van der Waals surface area contributed by atoms with E-state index >= 15 is 0 Å². The number of rotatable bonds is 4. The molecular weight excluding hydrogens is 300 g/mol. The first-order chi connectivity index (χ1) is 10.3. The molecule has 0 fully saturated rings. The highest BCUT2D eigenvalue weighted by Gasteiger charge is 2.13. The molecule has 0 aliphatic carbocycles. The van der Waals surface area contributed by atoms with Crippen molar-refractivity contribution in [3.8, 4) is 0 Å². The fraction of sp³-hybridized carbons (Fsp3) is 0.188. The highest BCUT2D eigenvalue weighted by atomic mass is 32.2. The van der Waals surface area contributed by atoms with Crippen molar-refractivity contribution in [1.29, 1.82) is 0 Å². The lowest BCUT2D eigenvalue weighted by molar-refractivity contribution is -0.115. The van der Waals surface area contributed by atoms with Crippen LogP contribution in [0.2, 0.25) is 0 Å². The molecule has 0 saturated carbocycles. The maximum absolute atomic E-state index is 12.1. The van der Waals surface area contributed by atoms with Crippen LogP contribution in [-0.2, 0) is 21.2 Å². The molecule has 2 rings (SSSR count). The molecule has 0 unspecified atom stereocenters. The van der Waals surface area contributed by atoms with Gasteiger partial charge in [0.2, 0.25) is 15.9 Å². The zero-order chi connectivity index (χ0) is 16.3. The van der Waals surface area contributed by atoms with Crippen LogP contribution in [0.4, 0.5) is 5.69 Å². The third kappa shape index (κ3) is 3.93. The van der Waals surface area contributed by atoms with Crippen LogP contribution < -0.4 is 10.5 Å². The maximum Gasteiger partial charge on any atom is 0.238 e. The third-order valence-corrected chi connectivity index (χ3v) is 4.44. The lowest BCUT2D eigenvalue weighted by atomic mass is 10.1. The van der Waals surface area contributed by atoms with Crippen molar-refractivity contribution < 1.29 is 13.2 Å². The molecule has 2 aromatic carbocycles. The van der Waals surface area contributed by atoms with Gasteiger partial charge in [0.05, 0.1) is 11.3 Å². The van der Waals surface area contributed by atoms with Crippen molar-refractivity contribution in [2.75, 3.05) is 5.32 Å². The Kier molecular flexibility index (Phi) is 4.63. The van der Waals surface area contributed by atoms with Crippen molar-refractivity contribution in [2.45, 2.75) is 25.2 Å². The molecule has 0 radical (unpaired) electrons. The Labute approximate surface area is 130 Å². The lowest BCUT2D eigenvalue weighted by Gasteiger charge is -2.10. The summed E-state index contributed by atoms with van der Waals surface area (Å²) in [6, 6.07) is 12.3. The van der Waals surface area contributed by atoms with Gasteiger partial charge in [-0.25, -0.2) is 13.6 Å². The first-order valence-corrected chi connectivity index (χ1v) is 8.30. The summed E-state index contributed by atoms with van der Waals surface area (Å²) in [4.78, 5) is 12.1. The summed E-state index contributed by atoms with van der Waals surface area (Å²) >= 11 is 0. The summed E-state index contributed by atoms with van der Waals surface area (Å²) < 4.78 is 23.0. The van der Waals surface area contributed by atoms with Crippen LogP contribution in [0.15, 0.2) is 47.4 Å². The topological polar surface area (TPSA) is 89.3 Å². The van der Waals surface area contributed by atoms with Gasteiger partial charge in [0.25, 0.3) is 0 Å². The molecular formula is C16H18N2O3S. The number of hydrogen-bond donors (Lipinski definition) is 2. The van der Waals surface area contributed by atoms with Gasteiger partial charge < -0.3 is 5.32 Å². The van der Waals surface area contributed by atoms with E-state index in [1.54, 1.807) is 19.1 Å². The molecule has 0 bridgehead atoms.